The summed E-state index contributed by atoms with van der Waals surface area (Å²) >= 11 is 1.26. The molecule has 3 rings (SSSR count). The normalized spacial score (nSPS) is 11.0. The number of nitrogens with zero attached hydrogens (tertiary/aromatic N) is 1. The summed E-state index contributed by atoms with van der Waals surface area (Å²) < 4.78 is 16.3. The molecule has 0 unspecified atom stereocenters. The Morgan fingerprint density at radius 1 is 1.05 bits per heavy atom. The SMILES string of the molecule is CCCCCCOc1ccc(/C=C(\C#N)C(=O)Nc2sc(C)c(-c3ccccc3)c2C(=O)OC)cc1OC. The highest BCUT2D eigenvalue weighted by Gasteiger charge is 2.25. The Labute approximate surface area is 227 Å². The third-order valence-corrected chi connectivity index (χ3v) is 6.90. The van der Waals surface area contributed by atoms with Gasteiger partial charge in [-0.25, -0.2) is 4.79 Å². The Hall–Kier alpha value is -4.09. The van der Waals surface area contributed by atoms with Crippen LogP contribution >= 0.6 is 11.3 Å². The monoisotopic (exact) mass is 532 g/mol. The second-order valence-corrected chi connectivity index (χ2v) is 9.76. The predicted molar refractivity (Wildman–Crippen MR) is 151 cm³/mol. The first kappa shape index (κ1) is 28.5. The van der Waals surface area contributed by atoms with Crippen molar-refractivity contribution in [2.24, 2.45) is 0 Å². The number of carbonyl (C=O) groups is 2. The molecule has 0 spiro atoms. The number of anilines is 1. The average Bonchev–Trinajstić information content (AvgIpc) is 3.26. The fourth-order valence-corrected chi connectivity index (χ4v) is 5.03. The summed E-state index contributed by atoms with van der Waals surface area (Å²) in [6, 6.07) is 16.6. The van der Waals surface area contributed by atoms with Gasteiger partial charge in [0.2, 0.25) is 0 Å². The Bertz CT molecular complexity index is 1340. The first-order chi connectivity index (χ1) is 18.4. The second-order valence-electron chi connectivity index (χ2n) is 8.54. The van der Waals surface area contributed by atoms with E-state index in [-0.39, 0.29) is 11.1 Å². The molecule has 38 heavy (non-hydrogen) atoms. The first-order valence-corrected chi connectivity index (χ1v) is 13.3. The molecule has 1 aromatic heterocycles. The number of methoxy groups -OCH3 is 2. The van der Waals surface area contributed by atoms with Crippen LogP contribution in [0.25, 0.3) is 17.2 Å². The van der Waals surface area contributed by atoms with Gasteiger partial charge in [0.1, 0.15) is 22.2 Å². The largest absolute Gasteiger partial charge is 0.493 e. The molecule has 198 valence electrons. The molecule has 8 heteroatoms. The van der Waals surface area contributed by atoms with Crippen LogP contribution in [-0.2, 0) is 9.53 Å². The van der Waals surface area contributed by atoms with E-state index in [0.717, 1.165) is 29.7 Å². The second kappa shape index (κ2) is 14.0. The van der Waals surface area contributed by atoms with Gasteiger partial charge in [-0.3, -0.25) is 4.79 Å². The summed E-state index contributed by atoms with van der Waals surface area (Å²) in [4.78, 5) is 26.7. The van der Waals surface area contributed by atoms with E-state index in [1.807, 2.05) is 43.3 Å². The van der Waals surface area contributed by atoms with Crippen molar-refractivity contribution in [3.63, 3.8) is 0 Å². The molecule has 7 nitrogen and oxygen atoms in total. The molecule has 0 aliphatic heterocycles. The lowest BCUT2D eigenvalue weighted by molar-refractivity contribution is -0.112. The standard InChI is InChI=1S/C30H32N2O5S/c1-5-6-7-11-16-37-24-15-14-21(18-25(24)35-3)17-23(19-31)28(33)32-29-27(30(34)36-4)26(20(2)38-29)22-12-9-8-10-13-22/h8-10,12-15,17-18H,5-7,11,16H2,1-4H3,(H,32,33)/b23-17+. The van der Waals surface area contributed by atoms with Crippen LogP contribution in [0.15, 0.2) is 54.1 Å². The molecule has 0 aliphatic carbocycles. The number of nitriles is 1. The summed E-state index contributed by atoms with van der Waals surface area (Å²) in [5.74, 6) is -0.0784. The molecule has 2 aromatic carbocycles. The van der Waals surface area contributed by atoms with Gasteiger partial charge in [-0.05, 0) is 42.7 Å². The van der Waals surface area contributed by atoms with Gasteiger partial charge in [-0.1, -0.05) is 62.6 Å². The van der Waals surface area contributed by atoms with Crippen LogP contribution in [-0.4, -0.2) is 32.7 Å². The van der Waals surface area contributed by atoms with E-state index in [4.69, 9.17) is 14.2 Å². The minimum Gasteiger partial charge on any atom is -0.493 e. The van der Waals surface area contributed by atoms with Gasteiger partial charge in [0, 0.05) is 10.4 Å². The summed E-state index contributed by atoms with van der Waals surface area (Å²) in [5.41, 5.74) is 2.26. The number of rotatable bonds is 12. The van der Waals surface area contributed by atoms with Crippen molar-refractivity contribution < 1.29 is 23.8 Å². The molecule has 0 fully saturated rings. The van der Waals surface area contributed by atoms with Crippen molar-refractivity contribution in [1.82, 2.24) is 0 Å². The number of aryl methyl sites for hydroxylation is 1. The van der Waals surface area contributed by atoms with E-state index in [0.29, 0.717) is 34.2 Å². The maximum absolute atomic E-state index is 13.1. The molecular formula is C30H32N2O5S. The van der Waals surface area contributed by atoms with Gasteiger partial charge >= 0.3 is 5.97 Å². The molecule has 1 amide bonds. The number of hydrogen-bond acceptors (Lipinski definition) is 7. The molecule has 0 saturated heterocycles. The van der Waals surface area contributed by atoms with Crippen LogP contribution < -0.4 is 14.8 Å². The number of esters is 1. The van der Waals surface area contributed by atoms with E-state index in [2.05, 4.69) is 12.2 Å². The number of thiophene rings is 1. The van der Waals surface area contributed by atoms with Crippen molar-refractivity contribution in [2.45, 2.75) is 39.5 Å². The first-order valence-electron chi connectivity index (χ1n) is 12.4. The van der Waals surface area contributed by atoms with Crippen LogP contribution in [0.4, 0.5) is 5.00 Å². The molecule has 0 atom stereocenters. The number of amides is 1. The molecule has 1 N–H and O–H groups in total. The van der Waals surface area contributed by atoms with Crippen LogP contribution in [0.3, 0.4) is 0 Å². The highest BCUT2D eigenvalue weighted by Crippen LogP contribution is 2.40. The Morgan fingerprint density at radius 2 is 1.82 bits per heavy atom. The highest BCUT2D eigenvalue weighted by atomic mass is 32.1. The van der Waals surface area contributed by atoms with Crippen molar-refractivity contribution in [2.75, 3.05) is 26.1 Å². The number of ether oxygens (including phenoxy) is 3. The smallest absolute Gasteiger partial charge is 0.341 e. The molecule has 0 aliphatic rings. The lowest BCUT2D eigenvalue weighted by Crippen LogP contribution is -2.15. The molecular weight excluding hydrogens is 500 g/mol. The number of nitrogens with one attached hydrogen (secondary N) is 1. The van der Waals surface area contributed by atoms with Gasteiger partial charge in [-0.2, -0.15) is 5.26 Å². The molecule has 0 saturated carbocycles. The fourth-order valence-electron chi connectivity index (χ4n) is 3.97. The summed E-state index contributed by atoms with van der Waals surface area (Å²) in [6.45, 7) is 4.62. The summed E-state index contributed by atoms with van der Waals surface area (Å²) in [7, 11) is 2.84. The number of hydrogen-bond donors (Lipinski definition) is 1. The van der Waals surface area contributed by atoms with Crippen molar-refractivity contribution >= 4 is 34.3 Å². The molecule has 0 bridgehead atoms. The van der Waals surface area contributed by atoms with Gasteiger partial charge < -0.3 is 19.5 Å². The number of carbonyl (C=O) groups excluding carboxylic acids is 2. The van der Waals surface area contributed by atoms with Crippen molar-refractivity contribution in [3.05, 3.63) is 70.1 Å². The summed E-state index contributed by atoms with van der Waals surface area (Å²) in [5, 5.41) is 12.8. The van der Waals surface area contributed by atoms with Gasteiger partial charge in [0.25, 0.3) is 5.91 Å². The zero-order valence-corrected chi connectivity index (χ0v) is 22.9. The number of benzene rings is 2. The topological polar surface area (TPSA) is 97.7 Å². The lowest BCUT2D eigenvalue weighted by atomic mass is 10.0. The minimum atomic E-state index is -0.631. The van der Waals surface area contributed by atoms with Gasteiger partial charge in [-0.15, -0.1) is 11.3 Å². The van der Waals surface area contributed by atoms with E-state index >= 15 is 0 Å². The lowest BCUT2D eigenvalue weighted by Gasteiger charge is -2.11. The Kier molecular flexibility index (Phi) is 10.5. The Morgan fingerprint density at radius 3 is 2.47 bits per heavy atom. The third-order valence-electron chi connectivity index (χ3n) is 5.88. The predicted octanol–water partition coefficient (Wildman–Crippen LogP) is 7.02. The quantitative estimate of drug-likeness (QED) is 0.116. The minimum absolute atomic E-state index is 0.122. The molecule has 3 aromatic rings. The van der Waals surface area contributed by atoms with Crippen LogP contribution in [0.2, 0.25) is 0 Å². The Balaban J connectivity index is 1.85. The number of unbranched alkanes of at least 4 members (excludes halogenated alkanes) is 3. The summed E-state index contributed by atoms with van der Waals surface area (Å²) in [6.07, 6.45) is 5.86. The van der Waals surface area contributed by atoms with Crippen LogP contribution in [0, 0.1) is 18.3 Å². The van der Waals surface area contributed by atoms with Crippen molar-refractivity contribution in [1.29, 1.82) is 5.26 Å². The van der Waals surface area contributed by atoms with Crippen molar-refractivity contribution in [3.8, 4) is 28.7 Å². The van der Waals surface area contributed by atoms with E-state index in [9.17, 15) is 14.9 Å². The zero-order chi connectivity index (χ0) is 27.5. The average molecular weight is 533 g/mol. The van der Waals surface area contributed by atoms with Crippen LogP contribution in [0.5, 0.6) is 11.5 Å². The van der Waals surface area contributed by atoms with Gasteiger partial charge in [0.05, 0.1) is 20.8 Å². The van der Waals surface area contributed by atoms with Crippen LogP contribution in [0.1, 0.15) is 53.4 Å². The molecule has 1 heterocycles. The van der Waals surface area contributed by atoms with E-state index < -0.39 is 11.9 Å². The molecule has 0 radical (unpaired) electrons. The zero-order valence-electron chi connectivity index (χ0n) is 22.1. The van der Waals surface area contributed by atoms with E-state index in [1.54, 1.807) is 25.3 Å². The fraction of sp³-hybridized carbons (Fsp3) is 0.300. The van der Waals surface area contributed by atoms with Gasteiger partial charge in [0.15, 0.2) is 11.5 Å². The third kappa shape index (κ3) is 7.02. The maximum Gasteiger partial charge on any atom is 0.341 e. The maximum atomic E-state index is 13.1. The van der Waals surface area contributed by atoms with E-state index in [1.165, 1.54) is 30.9 Å². The highest BCUT2D eigenvalue weighted by molar-refractivity contribution is 7.17.